The minimum atomic E-state index is -0.349. The Hall–Kier alpha value is -2.60. The monoisotopic (exact) mass is 550 g/mol. The number of rotatable bonds is 7. The Morgan fingerprint density at radius 3 is 2.15 bits per heavy atom. The molecule has 0 unspecified atom stereocenters. The summed E-state index contributed by atoms with van der Waals surface area (Å²) >= 11 is 0. The molecule has 2 fully saturated rings. The van der Waals surface area contributed by atoms with E-state index in [9.17, 15) is 4.79 Å². The number of benzene rings is 1. The van der Waals surface area contributed by atoms with Gasteiger partial charge in [0, 0.05) is 56.5 Å². The van der Waals surface area contributed by atoms with Crippen LogP contribution in [0.3, 0.4) is 0 Å². The highest BCUT2D eigenvalue weighted by molar-refractivity contribution is 5.81. The lowest BCUT2D eigenvalue weighted by molar-refractivity contribution is -0.141. The molecule has 0 saturated carbocycles. The van der Waals surface area contributed by atoms with Gasteiger partial charge in [-0.3, -0.25) is 4.79 Å². The summed E-state index contributed by atoms with van der Waals surface area (Å²) in [5.41, 5.74) is 3.25. The molecule has 0 N–H and O–H groups in total. The van der Waals surface area contributed by atoms with Crippen molar-refractivity contribution in [2.75, 3.05) is 26.3 Å². The van der Waals surface area contributed by atoms with Crippen molar-refractivity contribution in [2.24, 2.45) is 5.41 Å². The maximum Gasteiger partial charge on any atom is 0.227 e. The van der Waals surface area contributed by atoms with Crippen LogP contribution in [-0.2, 0) is 26.8 Å². The van der Waals surface area contributed by atoms with Gasteiger partial charge in [-0.25, -0.2) is 4.98 Å². The first kappa shape index (κ1) is 30.4. The van der Waals surface area contributed by atoms with E-state index in [0.717, 1.165) is 64.2 Å². The molecule has 6 nitrogen and oxygen atoms in total. The number of hydrogen-bond donors (Lipinski definition) is 0. The number of aromatic nitrogens is 1. The Morgan fingerprint density at radius 2 is 1.52 bits per heavy atom. The highest BCUT2D eigenvalue weighted by Gasteiger charge is 2.32. The molecule has 220 valence electrons. The van der Waals surface area contributed by atoms with E-state index in [1.54, 1.807) is 0 Å². The third kappa shape index (κ3) is 7.78. The van der Waals surface area contributed by atoms with Crippen LogP contribution in [0, 0.1) is 5.41 Å². The fourth-order valence-corrected chi connectivity index (χ4v) is 5.57. The molecule has 2 saturated heterocycles. The quantitative estimate of drug-likeness (QED) is 0.376. The van der Waals surface area contributed by atoms with Crippen LogP contribution in [0.15, 0.2) is 36.5 Å². The topological polar surface area (TPSA) is 60.9 Å². The molecular weight excluding hydrogens is 500 g/mol. The standard InChI is InChI=1S/C34H50N2O4/c1-32(2,3)25-9-10-29(39-27-12-17-36(18-13-27)31(37)33(4,5)6)24(21-25)23-34(7,8)26-11-16-35-30(22-26)40-28-14-19-38-20-15-28/h9-11,16,21-22,27-28H,12-15,17-20,23H2,1-8H3. The number of piperidine rings is 1. The molecule has 0 bridgehead atoms. The van der Waals surface area contributed by atoms with E-state index in [1.165, 1.54) is 16.7 Å². The second-order valence-electron chi connectivity index (χ2n) is 14.3. The van der Waals surface area contributed by atoms with E-state index in [0.29, 0.717) is 5.88 Å². The largest absolute Gasteiger partial charge is 0.490 e. The highest BCUT2D eigenvalue weighted by atomic mass is 16.5. The van der Waals surface area contributed by atoms with Crippen LogP contribution >= 0.6 is 0 Å². The Morgan fingerprint density at radius 1 is 0.875 bits per heavy atom. The van der Waals surface area contributed by atoms with Crippen molar-refractivity contribution in [3.05, 3.63) is 53.2 Å². The average molecular weight is 551 g/mol. The maximum absolute atomic E-state index is 12.8. The van der Waals surface area contributed by atoms with Crippen molar-refractivity contribution in [2.45, 2.75) is 111 Å². The third-order valence-electron chi connectivity index (χ3n) is 8.20. The molecule has 6 heteroatoms. The normalized spacial score (nSPS) is 18.1. The molecule has 2 aromatic rings. The molecule has 0 atom stereocenters. The Balaban J connectivity index is 1.52. The molecule has 0 radical (unpaired) electrons. The lowest BCUT2D eigenvalue weighted by Crippen LogP contribution is -2.46. The van der Waals surface area contributed by atoms with Gasteiger partial charge in [-0.05, 0) is 46.1 Å². The van der Waals surface area contributed by atoms with Crippen molar-refractivity contribution >= 4 is 5.91 Å². The summed E-state index contributed by atoms with van der Waals surface area (Å²) in [6.07, 6.45) is 6.46. The number of pyridine rings is 1. The van der Waals surface area contributed by atoms with Crippen molar-refractivity contribution < 1.29 is 19.0 Å². The van der Waals surface area contributed by atoms with E-state index in [1.807, 2.05) is 31.9 Å². The minimum Gasteiger partial charge on any atom is -0.490 e. The zero-order valence-corrected chi connectivity index (χ0v) is 26.0. The van der Waals surface area contributed by atoms with Crippen molar-refractivity contribution in [3.8, 4) is 11.6 Å². The van der Waals surface area contributed by atoms with Gasteiger partial charge in [0.05, 0.1) is 13.2 Å². The number of nitrogens with zero attached hydrogens (tertiary/aromatic N) is 2. The molecule has 40 heavy (non-hydrogen) atoms. The van der Waals surface area contributed by atoms with Crippen LogP contribution in [0.2, 0.25) is 0 Å². The van der Waals surface area contributed by atoms with Crippen LogP contribution in [-0.4, -0.2) is 54.3 Å². The van der Waals surface area contributed by atoms with E-state index in [-0.39, 0.29) is 34.4 Å². The van der Waals surface area contributed by atoms with Gasteiger partial charge in [-0.1, -0.05) is 67.5 Å². The van der Waals surface area contributed by atoms with Crippen molar-refractivity contribution in [1.82, 2.24) is 9.88 Å². The van der Waals surface area contributed by atoms with Crippen LogP contribution in [0.5, 0.6) is 11.6 Å². The van der Waals surface area contributed by atoms with Crippen LogP contribution in [0.4, 0.5) is 0 Å². The van der Waals surface area contributed by atoms with Gasteiger partial charge in [0.15, 0.2) is 0 Å². The molecule has 0 spiro atoms. The molecule has 3 heterocycles. The molecule has 1 amide bonds. The van der Waals surface area contributed by atoms with Gasteiger partial charge in [0.25, 0.3) is 0 Å². The molecular formula is C34H50N2O4. The number of hydrogen-bond acceptors (Lipinski definition) is 5. The number of amides is 1. The summed E-state index contributed by atoms with van der Waals surface area (Å²) in [6, 6.07) is 10.9. The number of carbonyl (C=O) groups is 1. The number of ether oxygens (including phenoxy) is 3. The summed E-state index contributed by atoms with van der Waals surface area (Å²) in [4.78, 5) is 19.3. The van der Waals surface area contributed by atoms with Crippen LogP contribution < -0.4 is 9.47 Å². The predicted octanol–water partition coefficient (Wildman–Crippen LogP) is 6.87. The first-order valence-electron chi connectivity index (χ1n) is 15.0. The average Bonchev–Trinajstić information content (AvgIpc) is 2.89. The smallest absolute Gasteiger partial charge is 0.227 e. The second-order valence-corrected chi connectivity index (χ2v) is 14.3. The maximum atomic E-state index is 12.8. The van der Waals surface area contributed by atoms with Gasteiger partial charge >= 0.3 is 0 Å². The SMILES string of the molecule is CC(C)(C)C(=O)N1CCC(Oc2ccc(C(C)(C)C)cc2CC(C)(C)c2ccnc(OC3CCOCC3)c2)CC1. The third-order valence-corrected chi connectivity index (χ3v) is 8.20. The Kier molecular flexibility index (Phi) is 9.18. The fraction of sp³-hybridized carbons (Fsp3) is 0.647. The zero-order chi connectivity index (χ0) is 29.1. The van der Waals surface area contributed by atoms with Gasteiger partial charge in [-0.2, -0.15) is 0 Å². The molecule has 2 aliphatic rings. The molecule has 2 aliphatic heterocycles. The fourth-order valence-electron chi connectivity index (χ4n) is 5.57. The van der Waals surface area contributed by atoms with Crippen molar-refractivity contribution in [1.29, 1.82) is 0 Å². The number of likely N-dealkylation sites (tertiary alicyclic amines) is 1. The van der Waals surface area contributed by atoms with Gasteiger partial charge in [0.1, 0.15) is 18.0 Å². The van der Waals surface area contributed by atoms with Gasteiger partial charge < -0.3 is 19.1 Å². The predicted molar refractivity (Wildman–Crippen MR) is 160 cm³/mol. The zero-order valence-electron chi connectivity index (χ0n) is 26.0. The lowest BCUT2D eigenvalue weighted by Gasteiger charge is -2.36. The number of carbonyl (C=O) groups excluding carboxylic acids is 1. The lowest BCUT2D eigenvalue weighted by atomic mass is 9.77. The van der Waals surface area contributed by atoms with Gasteiger partial charge in [0.2, 0.25) is 11.8 Å². The van der Waals surface area contributed by atoms with E-state index < -0.39 is 0 Å². The van der Waals surface area contributed by atoms with E-state index >= 15 is 0 Å². The molecule has 4 rings (SSSR count). The van der Waals surface area contributed by atoms with E-state index in [2.05, 4.69) is 69.9 Å². The van der Waals surface area contributed by atoms with E-state index in [4.69, 9.17) is 14.2 Å². The summed E-state index contributed by atoms with van der Waals surface area (Å²) in [7, 11) is 0. The minimum absolute atomic E-state index is 0.0392. The highest BCUT2D eigenvalue weighted by Crippen LogP contribution is 2.36. The summed E-state index contributed by atoms with van der Waals surface area (Å²) < 4.78 is 18.4. The Labute approximate surface area is 241 Å². The summed E-state index contributed by atoms with van der Waals surface area (Å²) in [6.45, 7) is 20.3. The molecule has 1 aromatic heterocycles. The van der Waals surface area contributed by atoms with Crippen LogP contribution in [0.1, 0.15) is 97.8 Å². The summed E-state index contributed by atoms with van der Waals surface area (Å²) in [5, 5.41) is 0. The molecule has 1 aromatic carbocycles. The Bertz CT molecular complexity index is 1150. The van der Waals surface area contributed by atoms with Crippen molar-refractivity contribution in [3.63, 3.8) is 0 Å². The first-order chi connectivity index (χ1) is 18.7. The second kappa shape index (κ2) is 12.1. The summed E-state index contributed by atoms with van der Waals surface area (Å²) in [5.74, 6) is 1.86. The molecule has 0 aliphatic carbocycles. The first-order valence-corrected chi connectivity index (χ1v) is 15.0. The van der Waals surface area contributed by atoms with Crippen LogP contribution in [0.25, 0.3) is 0 Å². The van der Waals surface area contributed by atoms with Gasteiger partial charge in [-0.15, -0.1) is 0 Å².